The monoisotopic (exact) mass is 277 g/mol. The Morgan fingerprint density at radius 2 is 1.60 bits per heavy atom. The predicted molar refractivity (Wildman–Crippen MR) is 68.6 cm³/mol. The highest BCUT2D eigenvalue weighted by molar-refractivity contribution is 5.78. The van der Waals surface area contributed by atoms with Gasteiger partial charge in [0.1, 0.15) is 28.8 Å². The third-order valence-electron chi connectivity index (χ3n) is 3.10. The first-order chi connectivity index (χ1) is 9.54. The van der Waals surface area contributed by atoms with Crippen LogP contribution >= 0.6 is 0 Å². The molecule has 1 unspecified atom stereocenters. The highest BCUT2D eigenvalue weighted by Crippen LogP contribution is 2.28. The quantitative estimate of drug-likeness (QED) is 0.771. The third-order valence-corrected chi connectivity index (χ3v) is 3.10. The third kappa shape index (κ3) is 2.16. The summed E-state index contributed by atoms with van der Waals surface area (Å²) in [5, 5.41) is 0.540. The number of fused-ring (bicyclic) bond motifs is 1. The Morgan fingerprint density at radius 1 is 0.900 bits per heavy atom. The van der Waals surface area contributed by atoms with Gasteiger partial charge in [-0.3, -0.25) is 0 Å². The molecule has 1 aromatic heterocycles. The molecule has 20 heavy (non-hydrogen) atoms. The van der Waals surface area contributed by atoms with Crippen LogP contribution in [0.4, 0.5) is 13.2 Å². The van der Waals surface area contributed by atoms with E-state index in [9.17, 15) is 13.2 Å². The summed E-state index contributed by atoms with van der Waals surface area (Å²) in [5.41, 5.74) is 6.49. The summed E-state index contributed by atoms with van der Waals surface area (Å²) in [4.78, 5) is 0. The van der Waals surface area contributed by atoms with Gasteiger partial charge in [0.05, 0.1) is 6.04 Å². The second-order valence-electron chi connectivity index (χ2n) is 4.47. The minimum atomic E-state index is -0.883. The topological polar surface area (TPSA) is 39.2 Å². The second kappa shape index (κ2) is 4.68. The van der Waals surface area contributed by atoms with Crippen LogP contribution in [0.25, 0.3) is 11.0 Å². The molecule has 0 fully saturated rings. The van der Waals surface area contributed by atoms with Crippen LogP contribution in [0, 0.1) is 17.5 Å². The first-order valence-electron chi connectivity index (χ1n) is 5.94. The van der Waals surface area contributed by atoms with Gasteiger partial charge >= 0.3 is 0 Å². The highest BCUT2D eigenvalue weighted by atomic mass is 19.1. The summed E-state index contributed by atoms with van der Waals surface area (Å²) in [7, 11) is 0. The second-order valence-corrected chi connectivity index (χ2v) is 4.47. The van der Waals surface area contributed by atoms with Gasteiger partial charge in [-0.05, 0) is 30.3 Å². The van der Waals surface area contributed by atoms with Crippen molar-refractivity contribution in [1.29, 1.82) is 0 Å². The van der Waals surface area contributed by atoms with E-state index in [2.05, 4.69) is 0 Å². The van der Waals surface area contributed by atoms with Gasteiger partial charge < -0.3 is 10.2 Å². The van der Waals surface area contributed by atoms with E-state index in [1.807, 2.05) is 0 Å². The zero-order chi connectivity index (χ0) is 14.3. The van der Waals surface area contributed by atoms with E-state index in [4.69, 9.17) is 10.2 Å². The molecule has 0 aliphatic rings. The molecule has 0 aliphatic heterocycles. The maximum Gasteiger partial charge on any atom is 0.134 e. The van der Waals surface area contributed by atoms with Gasteiger partial charge in [0.2, 0.25) is 0 Å². The number of furan rings is 1. The Morgan fingerprint density at radius 3 is 2.35 bits per heavy atom. The fourth-order valence-electron chi connectivity index (χ4n) is 2.10. The van der Waals surface area contributed by atoms with Gasteiger partial charge in [0.15, 0.2) is 0 Å². The van der Waals surface area contributed by atoms with E-state index in [1.165, 1.54) is 24.3 Å². The van der Waals surface area contributed by atoms with Crippen LogP contribution < -0.4 is 5.73 Å². The van der Waals surface area contributed by atoms with E-state index < -0.39 is 23.5 Å². The number of rotatable bonds is 2. The smallest absolute Gasteiger partial charge is 0.134 e. The Balaban J connectivity index is 2.05. The molecule has 0 radical (unpaired) electrons. The molecular formula is C15H10F3NO. The summed E-state index contributed by atoms with van der Waals surface area (Å²) >= 11 is 0. The SMILES string of the molecule is NC(c1cc2cc(F)ccc2o1)c1ccc(F)cc1F. The molecule has 2 aromatic carbocycles. The summed E-state index contributed by atoms with van der Waals surface area (Å²) < 4.78 is 45.1. The fraction of sp³-hybridized carbons (Fsp3) is 0.0667. The standard InChI is InChI=1S/C15H10F3NO/c16-9-2-4-13-8(5-9)6-14(20-13)15(19)11-3-1-10(17)7-12(11)18/h1-7,15H,19H2. The van der Waals surface area contributed by atoms with Crippen LogP contribution in [-0.4, -0.2) is 0 Å². The summed E-state index contributed by atoms with van der Waals surface area (Å²) in [6.07, 6.45) is 0. The summed E-state index contributed by atoms with van der Waals surface area (Å²) in [6.45, 7) is 0. The van der Waals surface area contributed by atoms with E-state index in [1.54, 1.807) is 6.07 Å². The van der Waals surface area contributed by atoms with Gasteiger partial charge in [0, 0.05) is 17.0 Å². The maximum absolute atomic E-state index is 13.7. The van der Waals surface area contributed by atoms with Crippen LogP contribution in [0.5, 0.6) is 0 Å². The van der Waals surface area contributed by atoms with Crippen molar-refractivity contribution in [3.63, 3.8) is 0 Å². The lowest BCUT2D eigenvalue weighted by Gasteiger charge is -2.10. The van der Waals surface area contributed by atoms with Crippen LogP contribution in [-0.2, 0) is 0 Å². The normalized spacial score (nSPS) is 12.8. The molecule has 0 amide bonds. The Kier molecular flexibility index (Phi) is 2.99. The van der Waals surface area contributed by atoms with Crippen molar-refractivity contribution in [2.45, 2.75) is 6.04 Å². The molecule has 3 rings (SSSR count). The Bertz CT molecular complexity index is 782. The van der Waals surface area contributed by atoms with Crippen molar-refractivity contribution >= 4 is 11.0 Å². The molecule has 0 bridgehead atoms. The number of hydrogen-bond acceptors (Lipinski definition) is 2. The van der Waals surface area contributed by atoms with Gasteiger partial charge in [-0.15, -0.1) is 0 Å². The molecule has 0 saturated heterocycles. The van der Waals surface area contributed by atoms with Gasteiger partial charge in [-0.2, -0.15) is 0 Å². The van der Waals surface area contributed by atoms with E-state index in [0.29, 0.717) is 11.0 Å². The van der Waals surface area contributed by atoms with E-state index in [-0.39, 0.29) is 11.3 Å². The van der Waals surface area contributed by atoms with Crippen molar-refractivity contribution in [1.82, 2.24) is 0 Å². The molecule has 0 saturated carbocycles. The van der Waals surface area contributed by atoms with E-state index in [0.717, 1.165) is 12.1 Å². The molecule has 1 atom stereocenters. The minimum Gasteiger partial charge on any atom is -0.459 e. The van der Waals surface area contributed by atoms with Crippen LogP contribution in [0.3, 0.4) is 0 Å². The molecule has 2 N–H and O–H groups in total. The number of halogens is 3. The molecule has 3 aromatic rings. The van der Waals surface area contributed by atoms with Crippen molar-refractivity contribution < 1.29 is 17.6 Å². The van der Waals surface area contributed by atoms with Crippen LogP contribution in [0.1, 0.15) is 17.4 Å². The molecule has 5 heteroatoms. The van der Waals surface area contributed by atoms with Gasteiger partial charge in [-0.1, -0.05) is 6.07 Å². The molecule has 1 heterocycles. The van der Waals surface area contributed by atoms with Crippen molar-refractivity contribution in [2.24, 2.45) is 5.73 Å². The summed E-state index contributed by atoms with van der Waals surface area (Å²) in [5.74, 6) is -1.53. The Labute approximate surface area is 112 Å². The van der Waals surface area contributed by atoms with Crippen LogP contribution in [0.15, 0.2) is 46.9 Å². The lowest BCUT2D eigenvalue weighted by molar-refractivity contribution is 0.505. The lowest BCUT2D eigenvalue weighted by atomic mass is 10.0. The zero-order valence-electron chi connectivity index (χ0n) is 10.2. The molecule has 0 aliphatic carbocycles. The van der Waals surface area contributed by atoms with Gasteiger partial charge in [-0.25, -0.2) is 13.2 Å². The van der Waals surface area contributed by atoms with Crippen molar-refractivity contribution in [2.75, 3.05) is 0 Å². The molecule has 102 valence electrons. The van der Waals surface area contributed by atoms with Gasteiger partial charge in [0.25, 0.3) is 0 Å². The Hall–Kier alpha value is -2.27. The number of benzene rings is 2. The first kappa shape index (κ1) is 12.7. The molecule has 2 nitrogen and oxygen atoms in total. The number of nitrogens with two attached hydrogens (primary N) is 1. The number of hydrogen-bond donors (Lipinski definition) is 1. The predicted octanol–water partition coefficient (Wildman–Crippen LogP) is 3.90. The largest absolute Gasteiger partial charge is 0.459 e. The average Bonchev–Trinajstić information content (AvgIpc) is 2.81. The lowest BCUT2D eigenvalue weighted by Crippen LogP contribution is -2.12. The molecular weight excluding hydrogens is 267 g/mol. The minimum absolute atomic E-state index is 0.117. The maximum atomic E-state index is 13.7. The fourth-order valence-corrected chi connectivity index (χ4v) is 2.10. The van der Waals surface area contributed by atoms with Crippen LogP contribution in [0.2, 0.25) is 0 Å². The first-order valence-corrected chi connectivity index (χ1v) is 5.94. The summed E-state index contributed by atoms with van der Waals surface area (Å²) in [6, 6.07) is 7.86. The van der Waals surface area contributed by atoms with E-state index >= 15 is 0 Å². The van der Waals surface area contributed by atoms with Crippen molar-refractivity contribution in [3.05, 3.63) is 71.2 Å². The highest BCUT2D eigenvalue weighted by Gasteiger charge is 2.18. The zero-order valence-corrected chi connectivity index (χ0v) is 10.2. The average molecular weight is 277 g/mol. The van der Waals surface area contributed by atoms with Crippen molar-refractivity contribution in [3.8, 4) is 0 Å². The molecule has 0 spiro atoms.